The molecule has 0 N–H and O–H groups in total. The lowest BCUT2D eigenvalue weighted by molar-refractivity contribution is 0.666. The summed E-state index contributed by atoms with van der Waals surface area (Å²) in [5.41, 5.74) is 11.3. The van der Waals surface area contributed by atoms with E-state index in [-0.39, 0.29) is 28.4 Å². The monoisotopic (exact) mass is 875 g/mol. The molecule has 0 bridgehead atoms. The van der Waals surface area contributed by atoms with E-state index in [0.29, 0.717) is 16.7 Å². The summed E-state index contributed by atoms with van der Waals surface area (Å²) in [6.45, 7) is 0. The average Bonchev–Trinajstić information content (AvgIpc) is 4.20. The molecule has 0 radical (unpaired) electrons. The number of anilines is 6. The fourth-order valence-corrected chi connectivity index (χ4v) is 10.4. The molecule has 3 heteroatoms. The molecule has 1 aromatic heterocycles. The third-order valence-corrected chi connectivity index (χ3v) is 13.4. The zero-order chi connectivity index (χ0) is 51.1. The summed E-state index contributed by atoms with van der Waals surface area (Å²) >= 11 is 0. The van der Waals surface area contributed by atoms with Crippen molar-refractivity contribution in [1.82, 2.24) is 0 Å². The van der Waals surface area contributed by atoms with Gasteiger partial charge in [0.05, 0.1) is 15.0 Å². The van der Waals surface area contributed by atoms with Crippen molar-refractivity contribution in [2.75, 3.05) is 9.80 Å². The van der Waals surface area contributed by atoms with E-state index in [1.54, 1.807) is 0 Å². The van der Waals surface area contributed by atoms with Gasteiger partial charge in [-0.25, -0.2) is 0 Å². The van der Waals surface area contributed by atoms with Crippen molar-refractivity contribution in [3.8, 4) is 22.3 Å². The highest BCUT2D eigenvalue weighted by molar-refractivity contribution is 6.06. The minimum absolute atomic E-state index is 0.0169. The summed E-state index contributed by atoms with van der Waals surface area (Å²) in [4.78, 5) is 4.42. The van der Waals surface area contributed by atoms with Crippen molar-refractivity contribution in [1.29, 1.82) is 0 Å². The van der Waals surface area contributed by atoms with Crippen molar-refractivity contribution in [3.05, 3.63) is 289 Å². The van der Waals surface area contributed by atoms with E-state index >= 15 is 0 Å². The van der Waals surface area contributed by atoms with Crippen LogP contribution < -0.4 is 9.80 Å². The normalized spacial score (nSPS) is 15.4. The molecule has 1 unspecified atom stereocenters. The van der Waals surface area contributed by atoms with Gasteiger partial charge in [0.25, 0.3) is 0 Å². The summed E-state index contributed by atoms with van der Waals surface area (Å²) < 4.78 is 72.5. The molecule has 12 aromatic rings. The fourth-order valence-electron chi connectivity index (χ4n) is 10.4. The SMILES string of the molecule is [2H]c1c([2H])c([2H])c2c(C3(c4ccc5c(c4)oc4ccccc45)c4ccc(N(c5ccccc5)c5ccccc5)cc4-c4cc(N(c5ccccc5)c5ccc(-c6ccccc6)cc5)ccc43)c([2H])c([2H])c([2H])c2c1[2H]. The van der Waals surface area contributed by atoms with Crippen molar-refractivity contribution in [2.24, 2.45) is 0 Å². The van der Waals surface area contributed by atoms with Crippen LogP contribution in [0.1, 0.15) is 31.8 Å². The van der Waals surface area contributed by atoms with Crippen molar-refractivity contribution in [3.63, 3.8) is 0 Å². The predicted molar refractivity (Wildman–Crippen MR) is 283 cm³/mol. The van der Waals surface area contributed by atoms with Crippen LogP contribution in [-0.4, -0.2) is 0 Å². The molecule has 0 spiro atoms. The summed E-state index contributed by atoms with van der Waals surface area (Å²) in [6, 6.07) is 72.8. The van der Waals surface area contributed by atoms with Gasteiger partial charge >= 0.3 is 0 Å². The zero-order valence-electron chi connectivity index (χ0n) is 43.7. The first-order valence-electron chi connectivity index (χ1n) is 26.3. The molecular formula is C65H44N2O. The van der Waals surface area contributed by atoms with Crippen LogP contribution in [0.2, 0.25) is 0 Å². The Balaban J connectivity index is 1.16. The van der Waals surface area contributed by atoms with Crippen LogP contribution in [0, 0.1) is 0 Å². The molecule has 3 nitrogen and oxygen atoms in total. The third-order valence-electron chi connectivity index (χ3n) is 13.4. The summed E-state index contributed by atoms with van der Waals surface area (Å²) in [5, 5.41) is 1.72. The van der Waals surface area contributed by atoms with Crippen LogP contribution in [0.3, 0.4) is 0 Å². The van der Waals surface area contributed by atoms with Crippen LogP contribution in [0.25, 0.3) is 55.0 Å². The van der Waals surface area contributed by atoms with Crippen LogP contribution >= 0.6 is 0 Å². The second-order valence-electron chi connectivity index (χ2n) is 17.1. The highest BCUT2D eigenvalue weighted by Gasteiger charge is 2.48. The topological polar surface area (TPSA) is 19.6 Å². The maximum absolute atomic E-state index is 10.1. The molecule has 0 amide bonds. The smallest absolute Gasteiger partial charge is 0.135 e. The van der Waals surface area contributed by atoms with E-state index in [4.69, 9.17) is 7.16 Å². The average molecular weight is 876 g/mol. The Kier molecular flexibility index (Phi) is 7.79. The Morgan fingerprint density at radius 1 is 0.338 bits per heavy atom. The van der Waals surface area contributed by atoms with Gasteiger partial charge in [0.15, 0.2) is 0 Å². The number of para-hydroxylation sites is 4. The first-order chi connectivity index (χ1) is 36.6. The minimum Gasteiger partial charge on any atom is -0.456 e. The third kappa shape index (κ3) is 6.35. The van der Waals surface area contributed by atoms with Gasteiger partial charge in [-0.3, -0.25) is 0 Å². The molecule has 0 aliphatic heterocycles. The predicted octanol–water partition coefficient (Wildman–Crippen LogP) is 17.7. The Bertz CT molecular complexity index is 4160. The largest absolute Gasteiger partial charge is 0.456 e. The number of hydrogen-bond acceptors (Lipinski definition) is 3. The molecule has 1 aliphatic rings. The van der Waals surface area contributed by atoms with Crippen LogP contribution in [0.5, 0.6) is 0 Å². The Morgan fingerprint density at radius 3 is 1.44 bits per heavy atom. The van der Waals surface area contributed by atoms with Crippen LogP contribution in [0.4, 0.5) is 34.1 Å². The highest BCUT2D eigenvalue weighted by atomic mass is 16.3. The second kappa shape index (κ2) is 16.2. The van der Waals surface area contributed by atoms with Gasteiger partial charge in [0.1, 0.15) is 11.2 Å². The van der Waals surface area contributed by atoms with Gasteiger partial charge in [0.2, 0.25) is 0 Å². The molecular weight excluding hydrogens is 825 g/mol. The molecule has 0 fully saturated rings. The number of fused-ring (bicyclic) bond motifs is 7. The van der Waals surface area contributed by atoms with Gasteiger partial charge < -0.3 is 14.2 Å². The van der Waals surface area contributed by atoms with E-state index in [0.717, 1.165) is 78.3 Å². The van der Waals surface area contributed by atoms with Gasteiger partial charge in [-0.05, 0) is 140 Å². The van der Waals surface area contributed by atoms with Gasteiger partial charge in [0, 0.05) is 44.9 Å². The zero-order valence-corrected chi connectivity index (χ0v) is 36.7. The van der Waals surface area contributed by atoms with E-state index < -0.39 is 35.6 Å². The standard InChI is InChI=1S/C65H44N2O/c1-5-18-45(19-6-1)46-32-35-52(36-33-46)67(51-26-11-4-12-27-51)54-38-41-62-59(44-54)58-43-53(66(49-22-7-2-8-23-49)50-24-9-3-10-25-50)37-40-61(58)65(62,60-30-17-21-47-20-13-14-28-55(47)60)48-34-39-57-56-29-15-16-31-63(56)68-64(57)42-48/h1-44H/i13D,14D,17D,20D,21D,28D,30D. The van der Waals surface area contributed by atoms with Gasteiger partial charge in [-0.2, -0.15) is 0 Å². The van der Waals surface area contributed by atoms with E-state index in [2.05, 4.69) is 119 Å². The fraction of sp³-hybridized carbons (Fsp3) is 0.0154. The Hall–Kier alpha value is -8.92. The van der Waals surface area contributed by atoms with Crippen LogP contribution in [-0.2, 0) is 5.41 Å². The van der Waals surface area contributed by atoms with Crippen molar-refractivity contribution < 1.29 is 14.0 Å². The van der Waals surface area contributed by atoms with Gasteiger partial charge in [-0.1, -0.05) is 182 Å². The first-order valence-corrected chi connectivity index (χ1v) is 22.8. The van der Waals surface area contributed by atoms with Gasteiger partial charge in [-0.15, -0.1) is 0 Å². The number of benzene rings is 11. The molecule has 13 rings (SSSR count). The number of hydrogen-bond donors (Lipinski definition) is 0. The molecule has 0 saturated carbocycles. The van der Waals surface area contributed by atoms with E-state index in [1.807, 2.05) is 115 Å². The second-order valence-corrected chi connectivity index (χ2v) is 17.1. The number of rotatable bonds is 9. The van der Waals surface area contributed by atoms with Crippen molar-refractivity contribution in [2.45, 2.75) is 5.41 Å². The maximum atomic E-state index is 10.1. The van der Waals surface area contributed by atoms with E-state index in [1.165, 1.54) is 0 Å². The molecule has 1 aliphatic carbocycles. The highest BCUT2D eigenvalue weighted by Crippen LogP contribution is 2.60. The lowest BCUT2D eigenvalue weighted by Crippen LogP contribution is -2.29. The lowest BCUT2D eigenvalue weighted by Gasteiger charge is -2.35. The Morgan fingerprint density at radius 2 is 0.824 bits per heavy atom. The molecule has 1 heterocycles. The lowest BCUT2D eigenvalue weighted by atomic mass is 9.66. The summed E-state index contributed by atoms with van der Waals surface area (Å²) in [7, 11) is 0. The number of furan rings is 1. The summed E-state index contributed by atoms with van der Waals surface area (Å²) in [5.74, 6) is 0. The molecule has 320 valence electrons. The molecule has 68 heavy (non-hydrogen) atoms. The maximum Gasteiger partial charge on any atom is 0.135 e. The minimum atomic E-state index is -1.52. The first kappa shape index (κ1) is 32.7. The quantitative estimate of drug-likeness (QED) is 0.144. The van der Waals surface area contributed by atoms with Crippen LogP contribution in [0.15, 0.2) is 271 Å². The number of nitrogens with zero attached hydrogens (tertiary/aromatic N) is 2. The molecule has 0 saturated heterocycles. The molecule has 11 aromatic carbocycles. The Labute approximate surface area is 405 Å². The summed E-state index contributed by atoms with van der Waals surface area (Å²) in [6.07, 6.45) is 0. The van der Waals surface area contributed by atoms with Crippen molar-refractivity contribution >= 4 is 66.8 Å². The molecule has 1 atom stereocenters. The van der Waals surface area contributed by atoms with E-state index in [9.17, 15) is 6.85 Å².